The van der Waals surface area contributed by atoms with E-state index in [2.05, 4.69) is 15.9 Å². The van der Waals surface area contributed by atoms with E-state index in [1.165, 1.54) is 0 Å². The first-order valence-electron chi connectivity index (χ1n) is 4.70. The third kappa shape index (κ3) is 3.29. The summed E-state index contributed by atoms with van der Waals surface area (Å²) in [7, 11) is 0. The Morgan fingerprint density at radius 3 is 2.43 bits per heavy atom. The fourth-order valence-corrected chi connectivity index (χ4v) is 1.71. The average Bonchev–Trinajstić information content (AvgIpc) is 2.01. The summed E-state index contributed by atoms with van der Waals surface area (Å²) in [6.45, 7) is 5.60. The number of hydrogen-bond donors (Lipinski definition) is 0. The SMILES string of the molecule is CC(C)(C)OC(=O)C1=CCCC=C1Br. The Labute approximate surface area is 93.1 Å². The predicted octanol–water partition coefficient (Wildman–Crippen LogP) is 3.33. The molecule has 0 saturated heterocycles. The van der Waals surface area contributed by atoms with Crippen molar-refractivity contribution >= 4 is 21.9 Å². The van der Waals surface area contributed by atoms with Crippen LogP contribution in [0, 0.1) is 0 Å². The lowest BCUT2D eigenvalue weighted by molar-refractivity contribution is -0.149. The lowest BCUT2D eigenvalue weighted by Crippen LogP contribution is -2.25. The lowest BCUT2D eigenvalue weighted by Gasteiger charge is -2.21. The third-order valence-corrected chi connectivity index (χ3v) is 2.47. The van der Waals surface area contributed by atoms with Gasteiger partial charge in [0.25, 0.3) is 0 Å². The molecule has 78 valence electrons. The zero-order valence-electron chi connectivity index (χ0n) is 8.76. The van der Waals surface area contributed by atoms with Crippen LogP contribution in [0.15, 0.2) is 22.2 Å². The molecule has 0 unspecified atom stereocenters. The Kier molecular flexibility index (Phi) is 3.53. The van der Waals surface area contributed by atoms with Gasteiger partial charge in [0.15, 0.2) is 0 Å². The minimum Gasteiger partial charge on any atom is -0.456 e. The van der Waals surface area contributed by atoms with Crippen LogP contribution in [-0.4, -0.2) is 11.6 Å². The highest BCUT2D eigenvalue weighted by Crippen LogP contribution is 2.26. The average molecular weight is 259 g/mol. The first-order valence-corrected chi connectivity index (χ1v) is 5.49. The number of ether oxygens (including phenoxy) is 1. The van der Waals surface area contributed by atoms with Crippen LogP contribution in [0.25, 0.3) is 0 Å². The molecule has 1 rings (SSSR count). The van der Waals surface area contributed by atoms with Crippen molar-refractivity contribution in [2.75, 3.05) is 0 Å². The molecule has 0 bridgehead atoms. The van der Waals surface area contributed by atoms with Crippen molar-refractivity contribution in [3.8, 4) is 0 Å². The highest BCUT2D eigenvalue weighted by Gasteiger charge is 2.22. The van der Waals surface area contributed by atoms with E-state index in [9.17, 15) is 4.79 Å². The molecular formula is C11H15BrO2. The molecule has 0 atom stereocenters. The quantitative estimate of drug-likeness (QED) is 0.675. The van der Waals surface area contributed by atoms with E-state index in [4.69, 9.17) is 4.74 Å². The Hall–Kier alpha value is -0.570. The summed E-state index contributed by atoms with van der Waals surface area (Å²) >= 11 is 3.35. The molecular weight excluding hydrogens is 244 g/mol. The second kappa shape index (κ2) is 4.30. The maximum Gasteiger partial charge on any atom is 0.339 e. The van der Waals surface area contributed by atoms with Gasteiger partial charge >= 0.3 is 5.97 Å². The van der Waals surface area contributed by atoms with Gasteiger partial charge < -0.3 is 4.74 Å². The second-order valence-electron chi connectivity index (χ2n) is 4.25. The Bertz CT molecular complexity index is 295. The normalized spacial score (nSPS) is 17.1. The summed E-state index contributed by atoms with van der Waals surface area (Å²) in [6.07, 6.45) is 5.80. The molecule has 0 radical (unpaired) electrons. The van der Waals surface area contributed by atoms with E-state index in [1.54, 1.807) is 0 Å². The van der Waals surface area contributed by atoms with Crippen LogP contribution in [-0.2, 0) is 9.53 Å². The van der Waals surface area contributed by atoms with Gasteiger partial charge in [0, 0.05) is 4.48 Å². The van der Waals surface area contributed by atoms with Gasteiger partial charge in [0.2, 0.25) is 0 Å². The van der Waals surface area contributed by atoms with Gasteiger partial charge in [-0.2, -0.15) is 0 Å². The molecule has 14 heavy (non-hydrogen) atoms. The van der Waals surface area contributed by atoms with Crippen LogP contribution < -0.4 is 0 Å². The van der Waals surface area contributed by atoms with Crippen molar-refractivity contribution in [3.05, 3.63) is 22.2 Å². The molecule has 0 aliphatic heterocycles. The molecule has 1 aliphatic rings. The van der Waals surface area contributed by atoms with E-state index in [-0.39, 0.29) is 5.97 Å². The molecule has 0 aromatic carbocycles. The van der Waals surface area contributed by atoms with E-state index in [0.717, 1.165) is 17.3 Å². The number of carbonyl (C=O) groups excluding carboxylic acids is 1. The van der Waals surface area contributed by atoms with Gasteiger partial charge in [-0.25, -0.2) is 4.79 Å². The number of allylic oxidation sites excluding steroid dienone is 2. The fourth-order valence-electron chi connectivity index (χ4n) is 1.16. The summed E-state index contributed by atoms with van der Waals surface area (Å²) in [5.41, 5.74) is 0.217. The maximum atomic E-state index is 11.7. The van der Waals surface area contributed by atoms with Crippen molar-refractivity contribution in [2.24, 2.45) is 0 Å². The van der Waals surface area contributed by atoms with Crippen molar-refractivity contribution in [1.29, 1.82) is 0 Å². The lowest BCUT2D eigenvalue weighted by atomic mass is 10.1. The van der Waals surface area contributed by atoms with Crippen LogP contribution >= 0.6 is 15.9 Å². The number of hydrogen-bond acceptors (Lipinski definition) is 2. The van der Waals surface area contributed by atoms with Crippen LogP contribution in [0.4, 0.5) is 0 Å². The molecule has 1 aliphatic carbocycles. The highest BCUT2D eigenvalue weighted by atomic mass is 79.9. The van der Waals surface area contributed by atoms with Crippen LogP contribution in [0.2, 0.25) is 0 Å². The predicted molar refractivity (Wildman–Crippen MR) is 60.2 cm³/mol. The van der Waals surface area contributed by atoms with Crippen LogP contribution in [0.5, 0.6) is 0 Å². The maximum absolute atomic E-state index is 11.7. The molecule has 3 heteroatoms. The van der Waals surface area contributed by atoms with Crippen LogP contribution in [0.3, 0.4) is 0 Å². The van der Waals surface area contributed by atoms with Crippen molar-refractivity contribution < 1.29 is 9.53 Å². The number of rotatable bonds is 1. The molecule has 2 nitrogen and oxygen atoms in total. The summed E-state index contributed by atoms with van der Waals surface area (Å²) in [4.78, 5) is 11.7. The van der Waals surface area contributed by atoms with Crippen molar-refractivity contribution in [1.82, 2.24) is 0 Å². The summed E-state index contributed by atoms with van der Waals surface area (Å²) < 4.78 is 6.11. The number of halogens is 1. The van der Waals surface area contributed by atoms with Crippen LogP contribution in [0.1, 0.15) is 33.6 Å². The summed E-state index contributed by atoms with van der Waals surface area (Å²) in [5.74, 6) is -0.250. The number of carbonyl (C=O) groups is 1. The first-order chi connectivity index (χ1) is 6.40. The van der Waals surface area contributed by atoms with Crippen molar-refractivity contribution in [2.45, 2.75) is 39.2 Å². The van der Waals surface area contributed by atoms with Gasteiger partial charge in [-0.3, -0.25) is 0 Å². The van der Waals surface area contributed by atoms with E-state index in [1.807, 2.05) is 32.9 Å². The molecule has 0 heterocycles. The number of esters is 1. The van der Waals surface area contributed by atoms with Crippen molar-refractivity contribution in [3.63, 3.8) is 0 Å². The summed E-state index contributed by atoms with van der Waals surface area (Å²) in [5, 5.41) is 0. The fraction of sp³-hybridized carbons (Fsp3) is 0.545. The smallest absolute Gasteiger partial charge is 0.339 e. The van der Waals surface area contributed by atoms with E-state index < -0.39 is 5.60 Å². The van der Waals surface area contributed by atoms with Gasteiger partial charge in [0.05, 0.1) is 5.57 Å². The largest absolute Gasteiger partial charge is 0.456 e. The van der Waals surface area contributed by atoms with Gasteiger partial charge in [-0.15, -0.1) is 0 Å². The standard InChI is InChI=1S/C11H15BrO2/c1-11(2,3)14-10(13)8-6-4-5-7-9(8)12/h6-7H,4-5H2,1-3H3. The second-order valence-corrected chi connectivity index (χ2v) is 5.10. The third-order valence-electron chi connectivity index (χ3n) is 1.71. The molecule has 0 N–H and O–H groups in total. The molecule has 0 fully saturated rings. The first kappa shape index (κ1) is 11.5. The zero-order valence-corrected chi connectivity index (χ0v) is 10.3. The van der Waals surface area contributed by atoms with Gasteiger partial charge in [-0.1, -0.05) is 28.1 Å². The van der Waals surface area contributed by atoms with E-state index >= 15 is 0 Å². The van der Waals surface area contributed by atoms with E-state index in [0.29, 0.717) is 5.57 Å². The molecule has 0 aromatic heterocycles. The molecule has 0 spiro atoms. The Balaban J connectivity index is 2.71. The van der Waals surface area contributed by atoms with Gasteiger partial charge in [-0.05, 0) is 33.6 Å². The molecule has 0 amide bonds. The highest BCUT2D eigenvalue weighted by molar-refractivity contribution is 9.12. The van der Waals surface area contributed by atoms with Gasteiger partial charge in [0.1, 0.15) is 5.60 Å². The topological polar surface area (TPSA) is 26.3 Å². The Morgan fingerprint density at radius 1 is 1.36 bits per heavy atom. The Morgan fingerprint density at radius 2 is 1.93 bits per heavy atom. The minimum absolute atomic E-state index is 0.250. The monoisotopic (exact) mass is 258 g/mol. The zero-order chi connectivity index (χ0) is 10.8. The molecule has 0 aromatic rings. The minimum atomic E-state index is -0.428. The molecule has 0 saturated carbocycles. The summed E-state index contributed by atoms with van der Waals surface area (Å²) in [6, 6.07) is 0.